The third-order valence-electron chi connectivity index (χ3n) is 6.20. The van der Waals surface area contributed by atoms with Gasteiger partial charge in [0.15, 0.2) is 11.5 Å². The lowest BCUT2D eigenvalue weighted by Crippen LogP contribution is -2.34. The highest BCUT2D eigenvalue weighted by molar-refractivity contribution is 6.21. The van der Waals surface area contributed by atoms with E-state index in [9.17, 15) is 19.7 Å². The zero-order valence-electron chi connectivity index (χ0n) is 23.1. The van der Waals surface area contributed by atoms with Crippen molar-refractivity contribution >= 4 is 23.6 Å². The number of hydrogen-bond acceptors (Lipinski definition) is 6. The molecule has 4 aromatic carbocycles. The van der Waals surface area contributed by atoms with Gasteiger partial charge in [0.2, 0.25) is 0 Å². The maximum atomic E-state index is 13.2. The Balaban J connectivity index is 1.54. The first-order chi connectivity index (χ1) is 20.4. The van der Waals surface area contributed by atoms with Gasteiger partial charge < -0.3 is 20.1 Å². The van der Waals surface area contributed by atoms with E-state index >= 15 is 0 Å². The summed E-state index contributed by atoms with van der Waals surface area (Å²) >= 11 is 0. The first kappa shape index (κ1) is 29.5. The summed E-state index contributed by atoms with van der Waals surface area (Å²) in [4.78, 5) is 36.9. The summed E-state index contributed by atoms with van der Waals surface area (Å²) in [6, 6.07) is 30.1. The Morgan fingerprint density at radius 3 is 1.83 bits per heavy atom. The Morgan fingerprint density at radius 1 is 0.738 bits per heavy atom. The molecule has 0 spiro atoms. The number of hydrogen-bond donors (Lipinski definition) is 2. The summed E-state index contributed by atoms with van der Waals surface area (Å²) in [6.45, 7) is 2.90. The molecule has 0 aromatic heterocycles. The van der Waals surface area contributed by atoms with E-state index in [1.165, 1.54) is 18.2 Å². The fourth-order valence-electron chi connectivity index (χ4n) is 4.02. The van der Waals surface area contributed by atoms with Crippen molar-refractivity contribution in [3.05, 3.63) is 141 Å². The summed E-state index contributed by atoms with van der Waals surface area (Å²) < 4.78 is 11.7. The van der Waals surface area contributed by atoms with Crippen molar-refractivity contribution in [3.63, 3.8) is 0 Å². The van der Waals surface area contributed by atoms with Crippen molar-refractivity contribution in [2.75, 3.05) is 6.61 Å². The molecule has 4 rings (SSSR count). The van der Waals surface area contributed by atoms with Crippen LogP contribution in [0.2, 0.25) is 0 Å². The van der Waals surface area contributed by atoms with Crippen molar-refractivity contribution in [2.45, 2.75) is 26.6 Å². The van der Waals surface area contributed by atoms with Crippen molar-refractivity contribution in [3.8, 4) is 11.5 Å². The van der Waals surface area contributed by atoms with Crippen LogP contribution in [0.3, 0.4) is 0 Å². The van der Waals surface area contributed by atoms with Crippen molar-refractivity contribution in [1.82, 2.24) is 10.6 Å². The molecule has 2 N–H and O–H groups in total. The molecule has 0 heterocycles. The second-order valence-electron chi connectivity index (χ2n) is 9.25. The Kier molecular flexibility index (Phi) is 10.4. The molecule has 0 atom stereocenters. The molecule has 0 radical (unpaired) electrons. The van der Waals surface area contributed by atoms with Gasteiger partial charge in [-0.05, 0) is 59.5 Å². The van der Waals surface area contributed by atoms with Crippen LogP contribution in [-0.4, -0.2) is 23.3 Å². The minimum atomic E-state index is -0.513. The number of carbonyl (C=O) groups is 2. The third-order valence-corrected chi connectivity index (χ3v) is 6.20. The number of nitro benzene ring substituents is 1. The zero-order valence-corrected chi connectivity index (χ0v) is 23.1. The largest absolute Gasteiger partial charge is 0.490 e. The van der Waals surface area contributed by atoms with E-state index in [0.717, 1.165) is 16.7 Å². The molecule has 0 unspecified atom stereocenters. The second kappa shape index (κ2) is 14.8. The summed E-state index contributed by atoms with van der Waals surface area (Å²) in [7, 11) is 0. The lowest BCUT2D eigenvalue weighted by Gasteiger charge is -2.14. The highest BCUT2D eigenvalue weighted by Crippen LogP contribution is 2.30. The number of nitrogens with one attached hydrogen (secondary N) is 2. The highest BCUT2D eigenvalue weighted by atomic mass is 16.6. The normalized spacial score (nSPS) is 10.3. The average molecular weight is 566 g/mol. The number of ether oxygens (including phenoxy) is 2. The molecular weight excluding hydrogens is 534 g/mol. The predicted molar refractivity (Wildman–Crippen MR) is 160 cm³/mol. The quantitative estimate of drug-likeness (QED) is 0.0717. The first-order valence-electron chi connectivity index (χ1n) is 13.4. The Labute approximate surface area is 244 Å². The number of non-ortho nitro benzene ring substituents is 1. The van der Waals surface area contributed by atoms with E-state index in [4.69, 9.17) is 9.47 Å². The fourth-order valence-corrected chi connectivity index (χ4v) is 4.02. The summed E-state index contributed by atoms with van der Waals surface area (Å²) in [6.07, 6.45) is 1.52. The van der Waals surface area contributed by atoms with Gasteiger partial charge in [-0.2, -0.15) is 0 Å². The minimum absolute atomic E-state index is 0.00121. The molecule has 0 fully saturated rings. The van der Waals surface area contributed by atoms with Crippen molar-refractivity contribution in [1.29, 1.82) is 0 Å². The minimum Gasteiger partial charge on any atom is -0.490 e. The van der Waals surface area contributed by atoms with Crippen LogP contribution in [-0.2, 0) is 29.3 Å². The Hall–Kier alpha value is -5.44. The van der Waals surface area contributed by atoms with Crippen LogP contribution < -0.4 is 20.1 Å². The number of nitro groups is 1. The van der Waals surface area contributed by atoms with Crippen LogP contribution in [0.15, 0.2) is 109 Å². The average Bonchev–Trinajstić information content (AvgIpc) is 3.02. The monoisotopic (exact) mass is 565 g/mol. The van der Waals surface area contributed by atoms with Crippen LogP contribution in [0.1, 0.15) is 29.2 Å². The smallest absolute Gasteiger partial charge is 0.269 e. The van der Waals surface area contributed by atoms with Gasteiger partial charge in [0.25, 0.3) is 17.5 Å². The maximum Gasteiger partial charge on any atom is 0.269 e. The molecule has 0 saturated carbocycles. The lowest BCUT2D eigenvalue weighted by atomic mass is 10.1. The standard InChI is InChI=1S/C33H31N3O6/c1-2-41-31-20-27(15-18-30(31)42-23-26-13-16-28(17-14-26)36(39)40)19-29(32(37)34-21-24-9-5-3-6-10-24)33(38)35-22-25-11-7-4-8-12-25/h3-20H,2,21-23H2,1H3,(H,34,37)(H,35,38). The molecule has 0 saturated heterocycles. The molecular formula is C33H31N3O6. The number of benzene rings is 4. The third kappa shape index (κ3) is 8.53. The van der Waals surface area contributed by atoms with Gasteiger partial charge in [0.1, 0.15) is 12.2 Å². The van der Waals surface area contributed by atoms with E-state index in [1.807, 2.05) is 67.6 Å². The van der Waals surface area contributed by atoms with E-state index < -0.39 is 16.7 Å². The van der Waals surface area contributed by atoms with E-state index in [-0.39, 0.29) is 31.0 Å². The molecule has 214 valence electrons. The summed E-state index contributed by atoms with van der Waals surface area (Å²) in [5, 5.41) is 16.6. The SMILES string of the molecule is CCOc1cc(C=C(C(=O)NCc2ccccc2)C(=O)NCc2ccccc2)ccc1OCc1ccc([N+](=O)[O-])cc1. The summed E-state index contributed by atoms with van der Waals surface area (Å²) in [5.41, 5.74) is 3.08. The molecule has 0 bridgehead atoms. The molecule has 4 aromatic rings. The van der Waals surface area contributed by atoms with Crippen molar-refractivity contribution in [2.24, 2.45) is 0 Å². The first-order valence-corrected chi connectivity index (χ1v) is 13.4. The van der Waals surface area contributed by atoms with Gasteiger partial charge >= 0.3 is 0 Å². The van der Waals surface area contributed by atoms with Gasteiger partial charge in [-0.15, -0.1) is 0 Å². The maximum absolute atomic E-state index is 13.2. The molecule has 0 aliphatic heterocycles. The van der Waals surface area contributed by atoms with Crippen LogP contribution >= 0.6 is 0 Å². The number of rotatable bonds is 13. The molecule has 42 heavy (non-hydrogen) atoms. The second-order valence-corrected chi connectivity index (χ2v) is 9.25. The van der Waals surface area contributed by atoms with Crippen LogP contribution in [0, 0.1) is 10.1 Å². The highest BCUT2D eigenvalue weighted by Gasteiger charge is 2.19. The topological polar surface area (TPSA) is 120 Å². The molecule has 9 nitrogen and oxygen atoms in total. The van der Waals surface area contributed by atoms with Gasteiger partial charge in [0.05, 0.1) is 11.5 Å². The van der Waals surface area contributed by atoms with Crippen LogP contribution in [0.25, 0.3) is 6.08 Å². The Bertz CT molecular complexity index is 1480. The van der Waals surface area contributed by atoms with Crippen molar-refractivity contribution < 1.29 is 24.0 Å². The predicted octanol–water partition coefficient (Wildman–Crippen LogP) is 5.59. The molecule has 0 aliphatic carbocycles. The van der Waals surface area contributed by atoms with Gasteiger partial charge in [-0.25, -0.2) is 0 Å². The Morgan fingerprint density at radius 2 is 1.31 bits per heavy atom. The van der Waals surface area contributed by atoms with E-state index in [1.54, 1.807) is 30.3 Å². The number of carbonyl (C=O) groups excluding carboxylic acids is 2. The van der Waals surface area contributed by atoms with E-state index in [2.05, 4.69) is 10.6 Å². The molecule has 0 aliphatic rings. The van der Waals surface area contributed by atoms with Gasteiger partial charge in [0, 0.05) is 25.2 Å². The molecule has 2 amide bonds. The van der Waals surface area contributed by atoms with Gasteiger partial charge in [-0.1, -0.05) is 66.7 Å². The van der Waals surface area contributed by atoms with Crippen LogP contribution in [0.4, 0.5) is 5.69 Å². The molecule has 9 heteroatoms. The lowest BCUT2D eigenvalue weighted by molar-refractivity contribution is -0.384. The zero-order chi connectivity index (χ0) is 29.7. The van der Waals surface area contributed by atoms with Crippen LogP contribution in [0.5, 0.6) is 11.5 Å². The summed E-state index contributed by atoms with van der Waals surface area (Å²) in [5.74, 6) is -0.139. The number of amides is 2. The van der Waals surface area contributed by atoms with Gasteiger partial charge in [-0.3, -0.25) is 19.7 Å². The van der Waals surface area contributed by atoms with E-state index in [0.29, 0.717) is 23.7 Å². The fraction of sp³-hybridized carbons (Fsp3) is 0.152. The number of nitrogens with zero attached hydrogens (tertiary/aromatic N) is 1.